The number of nitrogens with two attached hydrogens (primary N) is 3. The van der Waals surface area contributed by atoms with Crippen molar-refractivity contribution in [2.75, 3.05) is 50.9 Å². The number of unbranched alkanes of at least 4 members (excludes halogenated alkanes) is 1. The largest absolute Gasteiger partial charge is 0.482 e. The molecule has 13 heteroatoms. The van der Waals surface area contributed by atoms with Gasteiger partial charge in [0.15, 0.2) is 35.0 Å². The maximum Gasteiger partial charge on any atom is 0.344 e. The molecule has 1 fully saturated rings. The van der Waals surface area contributed by atoms with E-state index in [9.17, 15) is 9.59 Å². The predicted molar refractivity (Wildman–Crippen MR) is 145 cm³/mol. The quantitative estimate of drug-likeness (QED) is 0.133. The summed E-state index contributed by atoms with van der Waals surface area (Å²) >= 11 is 5.86. The van der Waals surface area contributed by atoms with Crippen molar-refractivity contribution in [1.29, 1.82) is 5.41 Å². The number of anilines is 2. The first kappa shape index (κ1) is 28.9. The Hall–Kier alpha value is -3.64. The lowest BCUT2D eigenvalue weighted by Crippen LogP contribution is -2.42. The highest BCUT2D eigenvalue weighted by Gasteiger charge is 2.24. The topological polar surface area (TPSA) is 187 Å². The third kappa shape index (κ3) is 8.73. The number of hydrogen-bond acceptors (Lipinski definition) is 10. The molecule has 2 aromatic rings. The number of benzene rings is 1. The lowest BCUT2D eigenvalue weighted by molar-refractivity contribution is -0.146. The summed E-state index contributed by atoms with van der Waals surface area (Å²) in [5, 5.41) is 7.61. The molecule has 1 amide bonds. The number of nitrogen functional groups attached to an aromatic ring is 2. The van der Waals surface area contributed by atoms with Crippen LogP contribution in [0.1, 0.15) is 48.2 Å². The fourth-order valence-electron chi connectivity index (χ4n) is 4.07. The van der Waals surface area contributed by atoms with E-state index in [0.717, 1.165) is 42.9 Å². The SMILES string of the molecule is N=C(N)N(CCCCc1ccc(OCC(=O)OCCN2CCCCC2)cc1)C(=O)c1nc(Cl)c(N)nc1N. The van der Waals surface area contributed by atoms with Crippen LogP contribution in [0.5, 0.6) is 5.75 Å². The summed E-state index contributed by atoms with van der Waals surface area (Å²) in [7, 11) is 0. The molecule has 1 aromatic carbocycles. The van der Waals surface area contributed by atoms with Gasteiger partial charge >= 0.3 is 5.97 Å². The maximum atomic E-state index is 12.8. The van der Waals surface area contributed by atoms with Gasteiger partial charge in [-0.3, -0.25) is 20.0 Å². The molecule has 0 radical (unpaired) electrons. The van der Waals surface area contributed by atoms with Crippen molar-refractivity contribution in [2.45, 2.75) is 38.5 Å². The molecule has 2 heterocycles. The number of aromatic nitrogens is 2. The minimum Gasteiger partial charge on any atom is -0.482 e. The first-order valence-electron chi connectivity index (χ1n) is 12.6. The van der Waals surface area contributed by atoms with E-state index in [2.05, 4.69) is 14.9 Å². The molecule has 0 bridgehead atoms. The molecular weight excluding hydrogens is 512 g/mol. The Morgan fingerprint density at radius 2 is 1.76 bits per heavy atom. The van der Waals surface area contributed by atoms with Crippen LogP contribution in [-0.2, 0) is 16.0 Å². The first-order valence-corrected chi connectivity index (χ1v) is 13.0. The Bertz CT molecular complexity index is 1110. The number of rotatable bonds is 12. The van der Waals surface area contributed by atoms with E-state index in [1.807, 2.05) is 12.1 Å². The summed E-state index contributed by atoms with van der Waals surface area (Å²) in [6.45, 7) is 3.33. The van der Waals surface area contributed by atoms with Crippen LogP contribution in [0, 0.1) is 5.41 Å². The lowest BCUT2D eigenvalue weighted by atomic mass is 10.1. The second kappa shape index (κ2) is 14.3. The molecule has 206 valence electrons. The van der Waals surface area contributed by atoms with Crippen molar-refractivity contribution >= 4 is 41.1 Å². The van der Waals surface area contributed by atoms with E-state index in [4.69, 9.17) is 43.7 Å². The number of piperidine rings is 1. The zero-order valence-corrected chi connectivity index (χ0v) is 22.1. The van der Waals surface area contributed by atoms with Crippen molar-refractivity contribution in [3.05, 3.63) is 40.7 Å². The maximum absolute atomic E-state index is 12.8. The van der Waals surface area contributed by atoms with Gasteiger partial charge in [-0.15, -0.1) is 0 Å². The zero-order chi connectivity index (χ0) is 27.5. The molecule has 3 rings (SSSR count). The molecule has 7 N–H and O–H groups in total. The van der Waals surface area contributed by atoms with E-state index in [1.165, 1.54) is 19.3 Å². The van der Waals surface area contributed by atoms with Gasteiger partial charge in [-0.25, -0.2) is 14.8 Å². The van der Waals surface area contributed by atoms with Gasteiger partial charge in [0.25, 0.3) is 5.91 Å². The summed E-state index contributed by atoms with van der Waals surface area (Å²) in [6, 6.07) is 7.43. The molecule has 1 aliphatic rings. The predicted octanol–water partition coefficient (Wildman–Crippen LogP) is 2.06. The molecule has 0 saturated carbocycles. The summed E-state index contributed by atoms with van der Waals surface area (Å²) in [5.74, 6) is -1.18. The molecular formula is C25H35ClN8O4. The smallest absolute Gasteiger partial charge is 0.344 e. The monoisotopic (exact) mass is 546 g/mol. The number of esters is 1. The van der Waals surface area contributed by atoms with Crippen LogP contribution in [0.2, 0.25) is 5.15 Å². The normalized spacial score (nSPS) is 13.6. The van der Waals surface area contributed by atoms with Gasteiger partial charge in [-0.05, 0) is 62.9 Å². The van der Waals surface area contributed by atoms with E-state index in [1.54, 1.807) is 12.1 Å². The number of guanidine groups is 1. The molecule has 0 atom stereocenters. The Labute approximate surface area is 226 Å². The van der Waals surface area contributed by atoms with Gasteiger partial charge in [-0.1, -0.05) is 30.2 Å². The number of likely N-dealkylation sites (tertiary alicyclic amines) is 1. The Balaban J connectivity index is 1.37. The van der Waals surface area contributed by atoms with Crippen LogP contribution in [0.3, 0.4) is 0 Å². The third-order valence-corrected chi connectivity index (χ3v) is 6.42. The van der Waals surface area contributed by atoms with Crippen LogP contribution >= 0.6 is 11.6 Å². The molecule has 0 aliphatic carbocycles. The third-order valence-electron chi connectivity index (χ3n) is 6.14. The zero-order valence-electron chi connectivity index (χ0n) is 21.3. The minimum absolute atomic E-state index is 0.0883. The molecule has 1 saturated heterocycles. The van der Waals surface area contributed by atoms with Crippen LogP contribution in [-0.4, -0.2) is 77.0 Å². The second-order valence-electron chi connectivity index (χ2n) is 8.99. The van der Waals surface area contributed by atoms with E-state index in [-0.39, 0.29) is 41.6 Å². The average molecular weight is 547 g/mol. The van der Waals surface area contributed by atoms with Crippen molar-refractivity contribution in [3.63, 3.8) is 0 Å². The molecule has 1 aromatic heterocycles. The molecule has 0 unspecified atom stereocenters. The van der Waals surface area contributed by atoms with Crippen LogP contribution in [0.4, 0.5) is 11.6 Å². The fourth-order valence-corrected chi connectivity index (χ4v) is 4.19. The van der Waals surface area contributed by atoms with Gasteiger partial charge in [0, 0.05) is 13.1 Å². The van der Waals surface area contributed by atoms with E-state index >= 15 is 0 Å². The number of ether oxygens (including phenoxy) is 2. The Morgan fingerprint density at radius 3 is 2.45 bits per heavy atom. The van der Waals surface area contributed by atoms with Crippen LogP contribution in [0.25, 0.3) is 0 Å². The Kier molecular flexibility index (Phi) is 10.9. The number of carbonyl (C=O) groups is 2. The fraction of sp³-hybridized carbons (Fsp3) is 0.480. The van der Waals surface area contributed by atoms with Gasteiger partial charge in [0.1, 0.15) is 12.4 Å². The van der Waals surface area contributed by atoms with Crippen LogP contribution in [0.15, 0.2) is 24.3 Å². The van der Waals surface area contributed by atoms with Crippen molar-refractivity contribution in [1.82, 2.24) is 19.8 Å². The van der Waals surface area contributed by atoms with Gasteiger partial charge in [0.05, 0.1) is 0 Å². The standard InChI is InChI=1S/C25H35ClN8O4/c26-21-23(28)32-22(27)20(31-21)24(36)34(25(29)30)13-5-2-6-17-7-9-18(10-8-17)38-16-19(35)37-15-14-33-11-3-1-4-12-33/h7-10H,1-6,11-16H2,(H3,29,30)(H4,27,28,32). The Morgan fingerprint density at radius 1 is 1.05 bits per heavy atom. The lowest BCUT2D eigenvalue weighted by Gasteiger charge is -2.25. The van der Waals surface area contributed by atoms with Gasteiger partial charge in [0.2, 0.25) is 0 Å². The summed E-state index contributed by atoms with van der Waals surface area (Å²) in [5.41, 5.74) is 17.8. The number of hydrogen-bond donors (Lipinski definition) is 4. The summed E-state index contributed by atoms with van der Waals surface area (Å²) in [6.07, 6.45) is 5.71. The molecule has 38 heavy (non-hydrogen) atoms. The average Bonchev–Trinajstić information content (AvgIpc) is 2.90. The highest BCUT2D eigenvalue weighted by Crippen LogP contribution is 2.19. The van der Waals surface area contributed by atoms with Gasteiger partial charge < -0.3 is 26.7 Å². The van der Waals surface area contributed by atoms with Crippen molar-refractivity contribution in [3.8, 4) is 5.75 Å². The summed E-state index contributed by atoms with van der Waals surface area (Å²) < 4.78 is 10.8. The van der Waals surface area contributed by atoms with Gasteiger partial charge in [-0.2, -0.15) is 0 Å². The number of halogens is 1. The number of amides is 1. The highest BCUT2D eigenvalue weighted by molar-refractivity contribution is 6.31. The van der Waals surface area contributed by atoms with Crippen LogP contribution < -0.4 is 21.9 Å². The highest BCUT2D eigenvalue weighted by atomic mass is 35.5. The number of aryl methyl sites for hydroxylation is 1. The number of carbonyl (C=O) groups excluding carboxylic acids is 2. The minimum atomic E-state index is -0.670. The molecule has 1 aliphatic heterocycles. The first-order chi connectivity index (χ1) is 18.2. The van der Waals surface area contributed by atoms with E-state index < -0.39 is 11.9 Å². The van der Waals surface area contributed by atoms with E-state index in [0.29, 0.717) is 18.8 Å². The number of nitrogens with one attached hydrogen (secondary N) is 1. The number of nitrogens with zero attached hydrogens (tertiary/aromatic N) is 4. The summed E-state index contributed by atoms with van der Waals surface area (Å²) in [4.78, 5) is 35.8. The van der Waals surface area contributed by atoms with Crippen molar-refractivity contribution < 1.29 is 19.1 Å². The second-order valence-corrected chi connectivity index (χ2v) is 9.35. The molecule has 0 spiro atoms. The van der Waals surface area contributed by atoms with Crippen molar-refractivity contribution in [2.24, 2.45) is 5.73 Å². The molecule has 12 nitrogen and oxygen atoms in total.